The number of imidazole rings is 1. The molecule has 2 aromatic carbocycles. The lowest BCUT2D eigenvalue weighted by Gasteiger charge is -2.18. The summed E-state index contributed by atoms with van der Waals surface area (Å²) in [6.45, 7) is 2.20. The maximum atomic E-state index is 6.55. The second-order valence-electron chi connectivity index (χ2n) is 7.72. The Kier molecular flexibility index (Phi) is 5.09. The Morgan fingerprint density at radius 1 is 1.17 bits per heavy atom. The summed E-state index contributed by atoms with van der Waals surface area (Å²) in [5, 5.41) is 15.3. The fourth-order valence-electron chi connectivity index (χ4n) is 4.46. The Morgan fingerprint density at radius 2 is 2.03 bits per heavy atom. The van der Waals surface area contributed by atoms with Gasteiger partial charge in [-0.3, -0.25) is 0 Å². The maximum absolute atomic E-state index is 6.55. The van der Waals surface area contributed by atoms with E-state index < -0.39 is 0 Å². The lowest BCUT2D eigenvalue weighted by Crippen LogP contribution is -2.11. The number of benzene rings is 2. The van der Waals surface area contributed by atoms with Crippen LogP contribution in [0.3, 0.4) is 0 Å². The fourth-order valence-corrected chi connectivity index (χ4v) is 4.72. The minimum Gasteiger partial charge on any atom is -0.311 e. The summed E-state index contributed by atoms with van der Waals surface area (Å²) in [7, 11) is 0. The van der Waals surface area contributed by atoms with Crippen LogP contribution in [0.15, 0.2) is 48.7 Å². The average Bonchev–Trinajstić information content (AvgIpc) is 3.52. The molecule has 0 aliphatic heterocycles. The van der Waals surface area contributed by atoms with Gasteiger partial charge in [-0.25, -0.2) is 4.98 Å². The Balaban J connectivity index is 1.52. The second-order valence-corrected chi connectivity index (χ2v) is 8.11. The molecule has 2 aromatic heterocycles. The summed E-state index contributed by atoms with van der Waals surface area (Å²) in [4.78, 5) is 4.58. The number of aromatic amines is 1. The van der Waals surface area contributed by atoms with Gasteiger partial charge in [-0.15, -0.1) is 10.2 Å². The van der Waals surface area contributed by atoms with Gasteiger partial charge in [0.1, 0.15) is 11.0 Å². The molecule has 0 radical (unpaired) electrons. The van der Waals surface area contributed by atoms with E-state index in [2.05, 4.69) is 61.4 Å². The fraction of sp³-hybridized carbons (Fsp3) is 0.304. The van der Waals surface area contributed by atoms with E-state index in [0.717, 1.165) is 59.8 Å². The highest BCUT2D eigenvalue weighted by atomic mass is 35.5. The van der Waals surface area contributed by atoms with Crippen LogP contribution in [0.2, 0.25) is 5.15 Å². The van der Waals surface area contributed by atoms with Crippen molar-refractivity contribution in [1.82, 2.24) is 30.2 Å². The molecule has 152 valence electrons. The van der Waals surface area contributed by atoms with Gasteiger partial charge in [0.15, 0.2) is 0 Å². The summed E-state index contributed by atoms with van der Waals surface area (Å²) in [5.41, 5.74) is 5.95. The molecule has 1 unspecified atom stereocenters. The van der Waals surface area contributed by atoms with Gasteiger partial charge >= 0.3 is 0 Å². The molecular formula is C23H23ClN6. The van der Waals surface area contributed by atoms with Gasteiger partial charge in [0.2, 0.25) is 5.82 Å². The molecule has 0 saturated heterocycles. The first kappa shape index (κ1) is 19.0. The predicted octanol–water partition coefficient (Wildman–Crippen LogP) is 5.26. The Hall–Kier alpha value is -2.99. The van der Waals surface area contributed by atoms with Gasteiger partial charge in [0.25, 0.3) is 0 Å². The third kappa shape index (κ3) is 3.31. The third-order valence-corrected chi connectivity index (χ3v) is 6.19. The number of fused-ring (bicyclic) bond motifs is 1. The first-order valence-corrected chi connectivity index (χ1v) is 10.8. The molecule has 1 atom stereocenters. The molecule has 0 bridgehead atoms. The summed E-state index contributed by atoms with van der Waals surface area (Å²) in [6.07, 6.45) is 7.10. The number of nitrogens with one attached hydrogen (secondary N) is 1. The number of H-pyrrole nitrogens is 1. The van der Waals surface area contributed by atoms with Crippen LogP contribution in [0, 0.1) is 0 Å². The molecule has 30 heavy (non-hydrogen) atoms. The molecule has 1 aliphatic carbocycles. The highest BCUT2D eigenvalue weighted by Gasteiger charge is 2.28. The van der Waals surface area contributed by atoms with Crippen molar-refractivity contribution in [3.05, 3.63) is 70.8 Å². The van der Waals surface area contributed by atoms with Crippen LogP contribution >= 0.6 is 11.6 Å². The van der Waals surface area contributed by atoms with E-state index in [1.165, 1.54) is 11.1 Å². The van der Waals surface area contributed by atoms with E-state index in [4.69, 9.17) is 11.6 Å². The van der Waals surface area contributed by atoms with E-state index in [9.17, 15) is 0 Å². The molecule has 1 aliphatic rings. The van der Waals surface area contributed by atoms with Crippen molar-refractivity contribution in [2.45, 2.75) is 45.1 Å². The molecule has 4 aromatic rings. The normalized spacial score (nSPS) is 15.5. The highest BCUT2D eigenvalue weighted by molar-refractivity contribution is 6.29. The first-order valence-electron chi connectivity index (χ1n) is 10.4. The van der Waals surface area contributed by atoms with Crippen LogP contribution in [0.5, 0.6) is 0 Å². The molecule has 0 fully saturated rings. The van der Waals surface area contributed by atoms with Gasteiger partial charge < -0.3 is 4.57 Å². The van der Waals surface area contributed by atoms with Crippen LogP contribution in [0.25, 0.3) is 22.5 Å². The van der Waals surface area contributed by atoms with Gasteiger partial charge in [-0.05, 0) is 46.7 Å². The lowest BCUT2D eigenvalue weighted by atomic mass is 9.96. The number of rotatable bonds is 6. The number of tetrazole rings is 1. The number of unbranched alkanes of at least 4 members (excludes halogenated alkanes) is 1. The molecular weight excluding hydrogens is 396 g/mol. The topological polar surface area (TPSA) is 72.3 Å². The largest absolute Gasteiger partial charge is 0.311 e. The van der Waals surface area contributed by atoms with Crippen LogP contribution in [-0.2, 0) is 12.8 Å². The van der Waals surface area contributed by atoms with Crippen molar-refractivity contribution in [2.75, 3.05) is 0 Å². The van der Waals surface area contributed by atoms with Crippen molar-refractivity contribution in [3.8, 4) is 22.5 Å². The monoisotopic (exact) mass is 418 g/mol. The van der Waals surface area contributed by atoms with Gasteiger partial charge in [0, 0.05) is 12.0 Å². The zero-order chi connectivity index (χ0) is 20.5. The quantitative estimate of drug-likeness (QED) is 0.463. The number of hydrogen-bond acceptors (Lipinski definition) is 4. The SMILES string of the molecule is CCCCc1ncc(Cl)n1C1CCc2cc(-c3ccccc3-c3nn[nH]n3)ccc21. The number of halogens is 1. The summed E-state index contributed by atoms with van der Waals surface area (Å²) < 4.78 is 2.23. The lowest BCUT2D eigenvalue weighted by molar-refractivity contribution is 0.546. The summed E-state index contributed by atoms with van der Waals surface area (Å²) in [5.74, 6) is 1.70. The average molecular weight is 419 g/mol. The van der Waals surface area contributed by atoms with Crippen molar-refractivity contribution < 1.29 is 0 Å². The number of aromatic nitrogens is 6. The predicted molar refractivity (Wildman–Crippen MR) is 117 cm³/mol. The zero-order valence-electron chi connectivity index (χ0n) is 16.8. The van der Waals surface area contributed by atoms with E-state index in [0.29, 0.717) is 5.82 Å². The van der Waals surface area contributed by atoms with Crippen LogP contribution < -0.4 is 0 Å². The second kappa shape index (κ2) is 8.03. The molecule has 0 saturated carbocycles. The van der Waals surface area contributed by atoms with Gasteiger partial charge in [-0.2, -0.15) is 5.21 Å². The molecule has 1 N–H and O–H groups in total. The van der Waals surface area contributed by atoms with Crippen molar-refractivity contribution in [1.29, 1.82) is 0 Å². The summed E-state index contributed by atoms with van der Waals surface area (Å²) in [6, 6.07) is 15.2. The summed E-state index contributed by atoms with van der Waals surface area (Å²) >= 11 is 6.55. The zero-order valence-corrected chi connectivity index (χ0v) is 17.6. The van der Waals surface area contributed by atoms with Crippen molar-refractivity contribution in [2.24, 2.45) is 0 Å². The minimum atomic E-state index is 0.253. The van der Waals surface area contributed by atoms with E-state index in [1.807, 2.05) is 18.2 Å². The molecule has 0 amide bonds. The highest BCUT2D eigenvalue weighted by Crippen LogP contribution is 2.40. The Morgan fingerprint density at radius 3 is 2.83 bits per heavy atom. The van der Waals surface area contributed by atoms with Crippen molar-refractivity contribution >= 4 is 11.6 Å². The molecule has 2 heterocycles. The Bertz CT molecular complexity index is 1160. The first-order chi connectivity index (χ1) is 14.8. The van der Waals surface area contributed by atoms with E-state index >= 15 is 0 Å². The van der Waals surface area contributed by atoms with Crippen LogP contribution in [0.4, 0.5) is 0 Å². The van der Waals surface area contributed by atoms with E-state index in [1.54, 1.807) is 6.20 Å². The number of nitrogens with zero attached hydrogens (tertiary/aromatic N) is 5. The third-order valence-electron chi connectivity index (χ3n) is 5.91. The van der Waals surface area contributed by atoms with Crippen molar-refractivity contribution in [3.63, 3.8) is 0 Å². The van der Waals surface area contributed by atoms with E-state index in [-0.39, 0.29) is 6.04 Å². The van der Waals surface area contributed by atoms with Crippen LogP contribution in [0.1, 0.15) is 49.2 Å². The van der Waals surface area contributed by atoms with Gasteiger partial charge in [0.05, 0.1) is 12.2 Å². The number of hydrogen-bond donors (Lipinski definition) is 1. The molecule has 5 rings (SSSR count). The standard InChI is InChI=1S/C23H23ClN6/c1-2-3-8-22-25-14-21(24)30(22)20-12-10-16-13-15(9-11-18(16)20)17-6-4-5-7-19(17)23-26-28-29-27-23/h4-7,9,11,13-14,20H,2-3,8,10,12H2,1H3,(H,26,27,28,29). The Labute approximate surface area is 180 Å². The minimum absolute atomic E-state index is 0.253. The smallest absolute Gasteiger partial charge is 0.205 e. The van der Waals surface area contributed by atoms with Crippen LogP contribution in [-0.4, -0.2) is 30.2 Å². The number of aryl methyl sites for hydroxylation is 2. The molecule has 7 heteroatoms. The van der Waals surface area contributed by atoms with Gasteiger partial charge in [-0.1, -0.05) is 67.4 Å². The molecule has 6 nitrogen and oxygen atoms in total. The maximum Gasteiger partial charge on any atom is 0.205 e. The molecule has 0 spiro atoms.